The molecule has 2 nitrogen and oxygen atoms in total. The Labute approximate surface area is 71.0 Å². The number of rotatable bonds is 5. The summed E-state index contributed by atoms with van der Waals surface area (Å²) in [5.41, 5.74) is 0. The summed E-state index contributed by atoms with van der Waals surface area (Å²) < 4.78 is 10.4. The Morgan fingerprint density at radius 3 is 2.40 bits per heavy atom. The van der Waals surface area contributed by atoms with Crippen LogP contribution < -0.4 is 0 Å². The molecular formula is C7H15BrO2. The highest BCUT2D eigenvalue weighted by Crippen LogP contribution is 2.09. The van der Waals surface area contributed by atoms with Crippen molar-refractivity contribution in [1.29, 1.82) is 0 Å². The fourth-order valence-electron chi connectivity index (χ4n) is 0.431. The average Bonchev–Trinajstić information content (AvgIpc) is 1.89. The van der Waals surface area contributed by atoms with Gasteiger partial charge in [-0.3, -0.25) is 0 Å². The van der Waals surface area contributed by atoms with E-state index in [-0.39, 0.29) is 0 Å². The Morgan fingerprint density at radius 1 is 1.40 bits per heavy atom. The highest BCUT2D eigenvalue weighted by atomic mass is 79.9. The van der Waals surface area contributed by atoms with Crippen LogP contribution in [0.2, 0.25) is 0 Å². The molecule has 0 aliphatic carbocycles. The zero-order valence-corrected chi connectivity index (χ0v) is 8.40. The van der Waals surface area contributed by atoms with Crippen molar-refractivity contribution in [2.45, 2.75) is 26.1 Å². The molecule has 0 saturated carbocycles. The van der Waals surface area contributed by atoms with Crippen molar-refractivity contribution in [2.24, 2.45) is 0 Å². The van der Waals surface area contributed by atoms with Gasteiger partial charge in [-0.15, -0.1) is 0 Å². The van der Waals surface area contributed by atoms with Gasteiger partial charge < -0.3 is 9.47 Å². The molecule has 0 unspecified atom stereocenters. The van der Waals surface area contributed by atoms with Crippen LogP contribution in [0.1, 0.15) is 20.3 Å². The Hall–Kier alpha value is 0.400. The minimum Gasteiger partial charge on any atom is -0.354 e. The second-order valence-electron chi connectivity index (χ2n) is 2.49. The summed E-state index contributed by atoms with van der Waals surface area (Å²) in [4.78, 5) is 0. The summed E-state index contributed by atoms with van der Waals surface area (Å²) >= 11 is 3.32. The SMILES string of the molecule is COC(C)(C)OCCCBr. The lowest BCUT2D eigenvalue weighted by Crippen LogP contribution is -2.27. The van der Waals surface area contributed by atoms with Crippen molar-refractivity contribution in [3.05, 3.63) is 0 Å². The van der Waals surface area contributed by atoms with E-state index in [1.54, 1.807) is 7.11 Å². The van der Waals surface area contributed by atoms with Crippen LogP contribution in [0.4, 0.5) is 0 Å². The molecule has 0 N–H and O–H groups in total. The molecule has 0 amide bonds. The molecule has 0 aliphatic rings. The predicted octanol–water partition coefficient (Wildman–Crippen LogP) is 2.17. The van der Waals surface area contributed by atoms with Crippen LogP contribution in [0.15, 0.2) is 0 Å². The maximum Gasteiger partial charge on any atom is 0.162 e. The van der Waals surface area contributed by atoms with Crippen molar-refractivity contribution >= 4 is 15.9 Å². The minimum absolute atomic E-state index is 0.428. The first-order valence-electron chi connectivity index (χ1n) is 3.37. The number of hydrogen-bond acceptors (Lipinski definition) is 2. The number of methoxy groups -OCH3 is 1. The Bertz CT molecular complexity index is 83.7. The fraction of sp³-hybridized carbons (Fsp3) is 1.00. The van der Waals surface area contributed by atoms with E-state index in [4.69, 9.17) is 9.47 Å². The molecular weight excluding hydrogens is 196 g/mol. The maximum absolute atomic E-state index is 5.37. The largest absolute Gasteiger partial charge is 0.354 e. The van der Waals surface area contributed by atoms with Gasteiger partial charge in [-0.1, -0.05) is 15.9 Å². The summed E-state index contributed by atoms with van der Waals surface area (Å²) in [6.07, 6.45) is 1.02. The Morgan fingerprint density at radius 2 is 2.00 bits per heavy atom. The molecule has 0 radical (unpaired) electrons. The predicted molar refractivity (Wildman–Crippen MR) is 45.5 cm³/mol. The first-order chi connectivity index (χ1) is 4.62. The molecule has 0 aromatic heterocycles. The molecule has 0 spiro atoms. The van der Waals surface area contributed by atoms with Crippen LogP contribution in [-0.2, 0) is 9.47 Å². The van der Waals surface area contributed by atoms with E-state index in [1.807, 2.05) is 13.8 Å². The van der Waals surface area contributed by atoms with Crippen molar-refractivity contribution in [3.63, 3.8) is 0 Å². The van der Waals surface area contributed by atoms with Crippen LogP contribution >= 0.6 is 15.9 Å². The normalized spacial score (nSPS) is 12.0. The summed E-state index contributed by atoms with van der Waals surface area (Å²) in [5.74, 6) is -0.428. The summed E-state index contributed by atoms with van der Waals surface area (Å²) in [5, 5.41) is 0.979. The van der Waals surface area contributed by atoms with Crippen LogP contribution in [0.3, 0.4) is 0 Å². The van der Waals surface area contributed by atoms with Gasteiger partial charge in [-0.25, -0.2) is 0 Å². The van der Waals surface area contributed by atoms with Gasteiger partial charge in [0.25, 0.3) is 0 Å². The third-order valence-corrected chi connectivity index (χ3v) is 1.78. The van der Waals surface area contributed by atoms with Crippen LogP contribution in [0.25, 0.3) is 0 Å². The van der Waals surface area contributed by atoms with Crippen molar-refractivity contribution in [3.8, 4) is 0 Å². The van der Waals surface area contributed by atoms with Crippen LogP contribution in [-0.4, -0.2) is 24.8 Å². The number of ether oxygens (including phenoxy) is 2. The maximum atomic E-state index is 5.37. The smallest absolute Gasteiger partial charge is 0.162 e. The molecule has 0 saturated heterocycles. The van der Waals surface area contributed by atoms with Gasteiger partial charge >= 0.3 is 0 Å². The van der Waals surface area contributed by atoms with Gasteiger partial charge in [0.2, 0.25) is 0 Å². The topological polar surface area (TPSA) is 18.5 Å². The highest BCUT2D eigenvalue weighted by molar-refractivity contribution is 9.09. The first-order valence-corrected chi connectivity index (χ1v) is 4.49. The molecule has 3 heteroatoms. The van der Waals surface area contributed by atoms with E-state index in [1.165, 1.54) is 0 Å². The summed E-state index contributed by atoms with van der Waals surface area (Å²) in [6.45, 7) is 4.55. The lowest BCUT2D eigenvalue weighted by atomic mass is 10.4. The molecule has 62 valence electrons. The van der Waals surface area contributed by atoms with E-state index in [9.17, 15) is 0 Å². The average molecular weight is 211 g/mol. The zero-order valence-electron chi connectivity index (χ0n) is 6.82. The number of alkyl halides is 1. The van der Waals surface area contributed by atoms with E-state index >= 15 is 0 Å². The van der Waals surface area contributed by atoms with Gasteiger partial charge in [0.05, 0.1) is 6.61 Å². The lowest BCUT2D eigenvalue weighted by molar-refractivity contribution is -0.196. The van der Waals surface area contributed by atoms with Gasteiger partial charge in [-0.05, 0) is 20.3 Å². The van der Waals surface area contributed by atoms with E-state index in [2.05, 4.69) is 15.9 Å². The molecule has 0 aromatic rings. The molecule has 0 aromatic carbocycles. The van der Waals surface area contributed by atoms with Gasteiger partial charge in [0.15, 0.2) is 5.79 Å². The number of hydrogen-bond donors (Lipinski definition) is 0. The Balaban J connectivity index is 3.28. The molecule has 0 bridgehead atoms. The lowest BCUT2D eigenvalue weighted by Gasteiger charge is -2.22. The van der Waals surface area contributed by atoms with Gasteiger partial charge in [-0.2, -0.15) is 0 Å². The standard InChI is InChI=1S/C7H15BrO2/c1-7(2,9-3)10-6-4-5-8/h4-6H2,1-3H3. The summed E-state index contributed by atoms with van der Waals surface area (Å²) in [7, 11) is 1.65. The van der Waals surface area contributed by atoms with Crippen molar-refractivity contribution in [1.82, 2.24) is 0 Å². The third kappa shape index (κ3) is 5.21. The Kier molecular flexibility index (Phi) is 5.31. The summed E-state index contributed by atoms with van der Waals surface area (Å²) in [6, 6.07) is 0. The number of halogens is 1. The minimum atomic E-state index is -0.428. The first kappa shape index (κ1) is 10.4. The molecule has 0 fully saturated rings. The van der Waals surface area contributed by atoms with Crippen molar-refractivity contribution in [2.75, 3.05) is 19.0 Å². The molecule has 0 atom stereocenters. The van der Waals surface area contributed by atoms with Crippen LogP contribution in [0, 0.1) is 0 Å². The fourth-order valence-corrected chi connectivity index (χ4v) is 0.660. The van der Waals surface area contributed by atoms with Crippen molar-refractivity contribution < 1.29 is 9.47 Å². The molecule has 0 rings (SSSR count). The second-order valence-corrected chi connectivity index (χ2v) is 3.29. The molecule has 0 heterocycles. The van der Waals surface area contributed by atoms with E-state index < -0.39 is 5.79 Å². The molecule has 10 heavy (non-hydrogen) atoms. The second kappa shape index (κ2) is 5.10. The van der Waals surface area contributed by atoms with Crippen LogP contribution in [0.5, 0.6) is 0 Å². The van der Waals surface area contributed by atoms with Gasteiger partial charge in [0, 0.05) is 12.4 Å². The van der Waals surface area contributed by atoms with E-state index in [0.717, 1.165) is 18.4 Å². The molecule has 0 aliphatic heterocycles. The monoisotopic (exact) mass is 210 g/mol. The third-order valence-electron chi connectivity index (χ3n) is 1.22. The van der Waals surface area contributed by atoms with E-state index in [0.29, 0.717) is 0 Å². The highest BCUT2D eigenvalue weighted by Gasteiger charge is 2.15. The quantitative estimate of drug-likeness (QED) is 0.394. The van der Waals surface area contributed by atoms with Gasteiger partial charge in [0.1, 0.15) is 0 Å². The zero-order chi connectivity index (χ0) is 8.04.